The number of rotatable bonds is 9. The summed E-state index contributed by atoms with van der Waals surface area (Å²) in [5, 5.41) is 0. The Labute approximate surface area is 121 Å². The van der Waals surface area contributed by atoms with Gasteiger partial charge in [-0.2, -0.15) is 0 Å². The third-order valence-corrected chi connectivity index (χ3v) is 4.14. The van der Waals surface area contributed by atoms with Crippen LogP contribution in [-0.4, -0.2) is 28.3 Å². The number of imidazole rings is 1. The summed E-state index contributed by atoms with van der Waals surface area (Å²) in [6.45, 7) is 6.10. The predicted octanol–water partition coefficient (Wildman–Crippen LogP) is 1.87. The normalized spacial score (nSPS) is 23.6. The van der Waals surface area contributed by atoms with Crippen molar-refractivity contribution in [3.05, 3.63) is 18.2 Å². The number of aryl methyl sites for hydroxylation is 1. The summed E-state index contributed by atoms with van der Waals surface area (Å²) < 4.78 is 7.84. The van der Waals surface area contributed by atoms with Gasteiger partial charge >= 0.3 is 0 Å². The van der Waals surface area contributed by atoms with Crippen LogP contribution >= 0.6 is 0 Å². The Morgan fingerprint density at radius 2 is 2.30 bits per heavy atom. The maximum atomic E-state index is 5.72. The molecule has 5 heteroatoms. The quantitative estimate of drug-likeness (QED) is 0.535. The lowest BCUT2D eigenvalue weighted by molar-refractivity contribution is -0.0290. The highest BCUT2D eigenvalue weighted by Crippen LogP contribution is 2.33. The van der Waals surface area contributed by atoms with Gasteiger partial charge in [-0.15, -0.1) is 0 Å². The van der Waals surface area contributed by atoms with E-state index in [2.05, 4.69) is 35.0 Å². The average Bonchev–Trinajstić information content (AvgIpc) is 2.83. The molecule has 0 amide bonds. The molecule has 1 aliphatic carbocycles. The Kier molecular flexibility index (Phi) is 6.01. The minimum absolute atomic E-state index is 0.306. The molecule has 114 valence electrons. The van der Waals surface area contributed by atoms with E-state index in [0.29, 0.717) is 12.1 Å². The first-order valence-corrected chi connectivity index (χ1v) is 7.84. The minimum Gasteiger partial charge on any atom is -0.378 e. The van der Waals surface area contributed by atoms with Crippen LogP contribution in [0.3, 0.4) is 0 Å². The first-order chi connectivity index (χ1) is 9.76. The molecular formula is C15H28N4O. The summed E-state index contributed by atoms with van der Waals surface area (Å²) in [6, 6.07) is 0.306. The van der Waals surface area contributed by atoms with Gasteiger partial charge in [-0.25, -0.2) is 4.98 Å². The number of hydrazine groups is 1. The maximum Gasteiger partial charge on any atom is 0.110 e. The second-order valence-corrected chi connectivity index (χ2v) is 5.76. The number of nitrogens with two attached hydrogens (primary N) is 1. The van der Waals surface area contributed by atoms with E-state index in [1.54, 1.807) is 0 Å². The van der Waals surface area contributed by atoms with Crippen molar-refractivity contribution in [1.29, 1.82) is 0 Å². The molecule has 2 rings (SSSR count). The van der Waals surface area contributed by atoms with E-state index in [0.717, 1.165) is 44.2 Å². The standard InChI is InChI=1S/C15H28N4O/c1-3-6-19-7-5-17-15(19)11-13(18-16)8-12-9-14(10-12)20-4-2/h5,7,12-14,18H,3-4,6,8-11,16H2,1-2H3. The lowest BCUT2D eigenvalue weighted by Gasteiger charge is -2.36. The van der Waals surface area contributed by atoms with Crippen LogP contribution in [0.2, 0.25) is 0 Å². The number of hydrogen-bond donors (Lipinski definition) is 2. The smallest absolute Gasteiger partial charge is 0.110 e. The molecule has 0 bridgehead atoms. The van der Waals surface area contributed by atoms with Crippen molar-refractivity contribution in [3.63, 3.8) is 0 Å². The fourth-order valence-corrected chi connectivity index (χ4v) is 3.05. The molecule has 1 aromatic rings. The number of ether oxygens (including phenoxy) is 1. The molecule has 5 nitrogen and oxygen atoms in total. The average molecular weight is 280 g/mol. The van der Waals surface area contributed by atoms with Crippen LogP contribution in [0.4, 0.5) is 0 Å². The monoisotopic (exact) mass is 280 g/mol. The van der Waals surface area contributed by atoms with Crippen molar-refractivity contribution in [2.75, 3.05) is 6.61 Å². The predicted molar refractivity (Wildman–Crippen MR) is 80.1 cm³/mol. The number of nitrogens with zero attached hydrogens (tertiary/aromatic N) is 2. The van der Waals surface area contributed by atoms with E-state index in [-0.39, 0.29) is 0 Å². The lowest BCUT2D eigenvalue weighted by atomic mass is 9.78. The zero-order chi connectivity index (χ0) is 14.4. The van der Waals surface area contributed by atoms with Crippen LogP contribution in [0.25, 0.3) is 0 Å². The van der Waals surface area contributed by atoms with Gasteiger partial charge < -0.3 is 9.30 Å². The molecule has 1 unspecified atom stereocenters. The van der Waals surface area contributed by atoms with E-state index in [4.69, 9.17) is 10.6 Å². The van der Waals surface area contributed by atoms with Crippen molar-refractivity contribution in [2.45, 2.75) is 64.6 Å². The van der Waals surface area contributed by atoms with Crippen LogP contribution in [-0.2, 0) is 17.7 Å². The van der Waals surface area contributed by atoms with Crippen molar-refractivity contribution >= 4 is 0 Å². The minimum atomic E-state index is 0.306. The van der Waals surface area contributed by atoms with Gasteiger partial charge in [0.25, 0.3) is 0 Å². The molecule has 0 aliphatic heterocycles. The summed E-state index contributed by atoms with van der Waals surface area (Å²) in [7, 11) is 0. The number of hydrogen-bond acceptors (Lipinski definition) is 4. The highest BCUT2D eigenvalue weighted by atomic mass is 16.5. The lowest BCUT2D eigenvalue weighted by Crippen LogP contribution is -2.42. The molecule has 20 heavy (non-hydrogen) atoms. The highest BCUT2D eigenvalue weighted by molar-refractivity contribution is 4.96. The molecule has 1 atom stereocenters. The number of aromatic nitrogens is 2. The van der Waals surface area contributed by atoms with Gasteiger partial charge in [0.2, 0.25) is 0 Å². The summed E-state index contributed by atoms with van der Waals surface area (Å²) in [4.78, 5) is 4.46. The van der Waals surface area contributed by atoms with Gasteiger partial charge in [0.05, 0.1) is 6.10 Å². The summed E-state index contributed by atoms with van der Waals surface area (Å²) >= 11 is 0. The third kappa shape index (κ3) is 4.04. The molecular weight excluding hydrogens is 252 g/mol. The fraction of sp³-hybridized carbons (Fsp3) is 0.800. The van der Waals surface area contributed by atoms with Crippen LogP contribution in [0.15, 0.2) is 12.4 Å². The summed E-state index contributed by atoms with van der Waals surface area (Å²) in [5.74, 6) is 7.59. The van der Waals surface area contributed by atoms with E-state index in [9.17, 15) is 0 Å². The molecule has 0 radical (unpaired) electrons. The molecule has 1 heterocycles. The largest absolute Gasteiger partial charge is 0.378 e. The van der Waals surface area contributed by atoms with Gasteiger partial charge in [0.15, 0.2) is 0 Å². The Hall–Kier alpha value is -0.910. The van der Waals surface area contributed by atoms with Crippen LogP contribution in [0.5, 0.6) is 0 Å². The van der Waals surface area contributed by atoms with Crippen molar-refractivity contribution < 1.29 is 4.74 Å². The molecule has 0 saturated heterocycles. The number of nitrogens with one attached hydrogen (secondary N) is 1. The van der Waals surface area contributed by atoms with Gasteiger partial charge in [-0.3, -0.25) is 11.3 Å². The maximum absolute atomic E-state index is 5.72. The van der Waals surface area contributed by atoms with E-state index >= 15 is 0 Å². The SMILES string of the molecule is CCCn1ccnc1CC(CC1CC(OCC)C1)NN. The van der Waals surface area contributed by atoms with E-state index < -0.39 is 0 Å². The van der Waals surface area contributed by atoms with E-state index in [1.807, 2.05) is 6.20 Å². The van der Waals surface area contributed by atoms with Crippen molar-refractivity contribution in [1.82, 2.24) is 15.0 Å². The Balaban J connectivity index is 1.79. The molecule has 0 aromatic carbocycles. The zero-order valence-electron chi connectivity index (χ0n) is 12.7. The van der Waals surface area contributed by atoms with Crippen LogP contribution < -0.4 is 11.3 Å². The fourth-order valence-electron chi connectivity index (χ4n) is 3.05. The molecule has 0 spiro atoms. The van der Waals surface area contributed by atoms with Crippen molar-refractivity contribution in [3.8, 4) is 0 Å². The molecule has 1 fully saturated rings. The van der Waals surface area contributed by atoms with Gasteiger partial charge in [0.1, 0.15) is 5.82 Å². The summed E-state index contributed by atoms with van der Waals surface area (Å²) in [6.07, 6.45) is 9.91. The highest BCUT2D eigenvalue weighted by Gasteiger charge is 2.31. The summed E-state index contributed by atoms with van der Waals surface area (Å²) in [5.41, 5.74) is 2.96. The molecule has 3 N–H and O–H groups in total. The topological polar surface area (TPSA) is 65.1 Å². The second-order valence-electron chi connectivity index (χ2n) is 5.76. The zero-order valence-corrected chi connectivity index (χ0v) is 12.7. The second kappa shape index (κ2) is 7.76. The van der Waals surface area contributed by atoms with Crippen molar-refractivity contribution in [2.24, 2.45) is 11.8 Å². The van der Waals surface area contributed by atoms with Gasteiger partial charge in [-0.05, 0) is 38.5 Å². The Morgan fingerprint density at radius 3 is 2.95 bits per heavy atom. The molecule has 1 aliphatic rings. The molecule has 1 aromatic heterocycles. The van der Waals surface area contributed by atoms with Crippen LogP contribution in [0.1, 0.15) is 45.4 Å². The van der Waals surface area contributed by atoms with Gasteiger partial charge in [0, 0.05) is 38.0 Å². The van der Waals surface area contributed by atoms with Crippen LogP contribution in [0, 0.1) is 5.92 Å². The van der Waals surface area contributed by atoms with E-state index in [1.165, 1.54) is 12.8 Å². The Bertz CT molecular complexity index is 387. The first-order valence-electron chi connectivity index (χ1n) is 7.84. The van der Waals surface area contributed by atoms with Gasteiger partial charge in [-0.1, -0.05) is 6.92 Å². The molecule has 1 saturated carbocycles. The first kappa shape index (κ1) is 15.5. The third-order valence-electron chi connectivity index (χ3n) is 4.14. The Morgan fingerprint density at radius 1 is 1.50 bits per heavy atom.